The largest absolute Gasteiger partial charge is 0.327 e. The number of rotatable bonds is 3. The molecule has 5 rings (SSSR count). The lowest BCUT2D eigenvalue weighted by Gasteiger charge is -2.29. The van der Waals surface area contributed by atoms with Crippen molar-refractivity contribution in [3.63, 3.8) is 0 Å². The molecule has 7 nitrogen and oxygen atoms in total. The van der Waals surface area contributed by atoms with E-state index < -0.39 is 6.04 Å². The Morgan fingerprint density at radius 1 is 1.17 bits per heavy atom. The molecule has 1 saturated carbocycles. The van der Waals surface area contributed by atoms with Gasteiger partial charge in [0.25, 0.3) is 5.91 Å². The summed E-state index contributed by atoms with van der Waals surface area (Å²) in [6.45, 7) is 3.44. The number of fused-ring (bicyclic) bond motifs is 1. The van der Waals surface area contributed by atoms with E-state index in [2.05, 4.69) is 16.3 Å². The van der Waals surface area contributed by atoms with Crippen molar-refractivity contribution >= 4 is 17.7 Å². The minimum absolute atomic E-state index is 0.113. The van der Waals surface area contributed by atoms with E-state index in [0.717, 1.165) is 31.6 Å². The van der Waals surface area contributed by atoms with Crippen LogP contribution in [0.5, 0.6) is 0 Å². The van der Waals surface area contributed by atoms with Gasteiger partial charge in [-0.25, -0.2) is 0 Å². The second kappa shape index (κ2) is 6.92. The van der Waals surface area contributed by atoms with E-state index >= 15 is 0 Å². The van der Waals surface area contributed by atoms with Gasteiger partial charge in [0, 0.05) is 37.7 Å². The first kappa shape index (κ1) is 18.8. The first-order valence-corrected chi connectivity index (χ1v) is 10.7. The number of likely N-dealkylation sites (tertiary alicyclic amines) is 1. The van der Waals surface area contributed by atoms with Gasteiger partial charge in [-0.3, -0.25) is 24.6 Å². The van der Waals surface area contributed by atoms with Gasteiger partial charge < -0.3 is 10.6 Å². The molecular weight excluding hydrogens is 368 g/mol. The standard InChI is InChI=1S/C22H28N4O3/c23-18-2-1-7-22(18)8-9-25(13-22)11-14-3-4-16-15(10-14)12-26(21(16)29)17-5-6-19(27)24-20(17)28/h3-4,10,17-18H,1-2,5-9,11-13,23H2,(H,24,27,28). The van der Waals surface area contributed by atoms with E-state index in [4.69, 9.17) is 5.73 Å². The van der Waals surface area contributed by atoms with E-state index in [1.165, 1.54) is 24.8 Å². The van der Waals surface area contributed by atoms with Crippen molar-refractivity contribution in [1.29, 1.82) is 0 Å². The third-order valence-electron chi connectivity index (χ3n) is 7.43. The van der Waals surface area contributed by atoms with E-state index in [9.17, 15) is 14.4 Å². The van der Waals surface area contributed by atoms with Gasteiger partial charge >= 0.3 is 0 Å². The number of carbonyl (C=O) groups excluding carboxylic acids is 3. The maximum Gasteiger partial charge on any atom is 0.255 e. The summed E-state index contributed by atoms with van der Waals surface area (Å²) in [6, 6.07) is 5.81. The minimum Gasteiger partial charge on any atom is -0.327 e. The topological polar surface area (TPSA) is 95.7 Å². The van der Waals surface area contributed by atoms with E-state index in [0.29, 0.717) is 30.0 Å². The van der Waals surface area contributed by atoms with Gasteiger partial charge in [0.15, 0.2) is 0 Å². The van der Waals surface area contributed by atoms with Crippen LogP contribution in [0.3, 0.4) is 0 Å². The van der Waals surface area contributed by atoms with Crippen LogP contribution >= 0.6 is 0 Å². The van der Waals surface area contributed by atoms with Gasteiger partial charge in [-0.2, -0.15) is 0 Å². The maximum atomic E-state index is 12.8. The van der Waals surface area contributed by atoms with E-state index in [1.807, 2.05) is 12.1 Å². The predicted octanol–water partition coefficient (Wildman–Crippen LogP) is 1.15. The number of hydrogen-bond acceptors (Lipinski definition) is 5. The van der Waals surface area contributed by atoms with Crippen LogP contribution < -0.4 is 11.1 Å². The molecule has 1 aromatic rings. The van der Waals surface area contributed by atoms with Crippen LogP contribution in [0.1, 0.15) is 60.0 Å². The first-order valence-electron chi connectivity index (χ1n) is 10.7. The molecule has 1 spiro atoms. The lowest BCUT2D eigenvalue weighted by atomic mass is 9.82. The third kappa shape index (κ3) is 3.16. The Kier molecular flexibility index (Phi) is 4.47. The van der Waals surface area contributed by atoms with Gasteiger partial charge in [-0.1, -0.05) is 18.6 Å². The molecule has 4 aliphatic rings. The van der Waals surface area contributed by atoms with Gasteiger partial charge in [-0.15, -0.1) is 0 Å². The van der Waals surface area contributed by atoms with Crippen molar-refractivity contribution in [3.8, 4) is 0 Å². The Hall–Kier alpha value is -2.25. The highest BCUT2D eigenvalue weighted by Crippen LogP contribution is 2.45. The molecular formula is C22H28N4O3. The van der Waals surface area contributed by atoms with Crippen LogP contribution in [0, 0.1) is 5.41 Å². The second-order valence-corrected chi connectivity index (χ2v) is 9.21. The summed E-state index contributed by atoms with van der Waals surface area (Å²) in [5, 5.41) is 2.35. The Labute approximate surface area is 170 Å². The van der Waals surface area contributed by atoms with Crippen molar-refractivity contribution in [1.82, 2.24) is 15.1 Å². The molecule has 0 aromatic heterocycles. The number of nitrogens with one attached hydrogen (secondary N) is 1. The zero-order valence-corrected chi connectivity index (χ0v) is 16.7. The van der Waals surface area contributed by atoms with Crippen molar-refractivity contribution < 1.29 is 14.4 Å². The fraction of sp³-hybridized carbons (Fsp3) is 0.591. The van der Waals surface area contributed by atoms with Gasteiger partial charge in [0.05, 0.1) is 0 Å². The van der Waals surface area contributed by atoms with Gasteiger partial charge in [-0.05, 0) is 54.8 Å². The smallest absolute Gasteiger partial charge is 0.255 e. The van der Waals surface area contributed by atoms with E-state index in [1.54, 1.807) is 4.90 Å². The molecule has 0 bridgehead atoms. The predicted molar refractivity (Wildman–Crippen MR) is 107 cm³/mol. The Bertz CT molecular complexity index is 885. The number of piperidine rings is 1. The highest BCUT2D eigenvalue weighted by atomic mass is 16.2. The van der Waals surface area contributed by atoms with Crippen molar-refractivity contribution in [2.24, 2.45) is 11.1 Å². The Morgan fingerprint density at radius 2 is 2.03 bits per heavy atom. The molecule has 3 N–H and O–H groups in total. The Morgan fingerprint density at radius 3 is 2.79 bits per heavy atom. The number of hydrogen-bond donors (Lipinski definition) is 2. The average Bonchev–Trinajstić information content (AvgIpc) is 3.35. The van der Waals surface area contributed by atoms with Crippen LogP contribution in [0.4, 0.5) is 0 Å². The fourth-order valence-electron chi connectivity index (χ4n) is 5.78. The average molecular weight is 396 g/mol. The zero-order chi connectivity index (χ0) is 20.2. The number of carbonyl (C=O) groups is 3. The maximum absolute atomic E-state index is 12.8. The molecule has 7 heteroatoms. The van der Waals surface area contributed by atoms with E-state index in [-0.39, 0.29) is 24.1 Å². The molecule has 3 amide bonds. The van der Waals surface area contributed by atoms with Crippen LogP contribution in [-0.4, -0.2) is 52.7 Å². The van der Waals surface area contributed by atoms with Gasteiger partial charge in [0.1, 0.15) is 6.04 Å². The highest BCUT2D eigenvalue weighted by Gasteiger charge is 2.45. The summed E-state index contributed by atoms with van der Waals surface area (Å²) in [6.07, 6.45) is 5.48. The van der Waals surface area contributed by atoms with Crippen molar-refractivity contribution in [2.45, 2.75) is 63.7 Å². The molecule has 3 aliphatic heterocycles. The lowest BCUT2D eigenvalue weighted by molar-refractivity contribution is -0.136. The van der Waals surface area contributed by atoms with Crippen LogP contribution in [0.25, 0.3) is 0 Å². The molecule has 3 atom stereocenters. The van der Waals surface area contributed by atoms with Crippen LogP contribution in [-0.2, 0) is 22.7 Å². The molecule has 0 radical (unpaired) electrons. The number of imide groups is 1. The summed E-state index contributed by atoms with van der Waals surface area (Å²) in [5.41, 5.74) is 9.55. The zero-order valence-electron chi connectivity index (χ0n) is 16.7. The van der Waals surface area contributed by atoms with Crippen LogP contribution in [0.15, 0.2) is 18.2 Å². The quantitative estimate of drug-likeness (QED) is 0.748. The summed E-state index contributed by atoms with van der Waals surface area (Å²) in [5.74, 6) is -0.737. The number of nitrogens with zero attached hydrogens (tertiary/aromatic N) is 2. The molecule has 3 heterocycles. The van der Waals surface area contributed by atoms with Gasteiger partial charge in [0.2, 0.25) is 11.8 Å². The molecule has 2 saturated heterocycles. The lowest BCUT2D eigenvalue weighted by Crippen LogP contribution is -2.52. The fourth-order valence-corrected chi connectivity index (χ4v) is 5.78. The number of benzene rings is 1. The monoisotopic (exact) mass is 396 g/mol. The highest BCUT2D eigenvalue weighted by molar-refractivity contribution is 6.05. The second-order valence-electron chi connectivity index (χ2n) is 9.21. The third-order valence-corrected chi connectivity index (χ3v) is 7.43. The molecule has 3 fully saturated rings. The number of amides is 3. The summed E-state index contributed by atoms with van der Waals surface area (Å²) in [7, 11) is 0. The number of nitrogens with two attached hydrogens (primary N) is 1. The van der Waals surface area contributed by atoms with Crippen molar-refractivity contribution in [2.75, 3.05) is 13.1 Å². The van der Waals surface area contributed by atoms with Crippen LogP contribution in [0.2, 0.25) is 0 Å². The Balaban J connectivity index is 1.28. The molecule has 29 heavy (non-hydrogen) atoms. The summed E-state index contributed by atoms with van der Waals surface area (Å²) in [4.78, 5) is 40.5. The van der Waals surface area contributed by atoms with Crippen molar-refractivity contribution in [3.05, 3.63) is 34.9 Å². The SMILES string of the molecule is NC1CCCC12CCN(Cc1ccc3c(c1)CN(C1CCC(=O)NC1=O)C3=O)C2. The molecule has 154 valence electrons. The minimum atomic E-state index is -0.557. The summed E-state index contributed by atoms with van der Waals surface area (Å²) < 4.78 is 0. The normalized spacial score (nSPS) is 32.3. The molecule has 3 unspecified atom stereocenters. The molecule has 1 aromatic carbocycles. The molecule has 1 aliphatic carbocycles. The first-order chi connectivity index (χ1) is 13.9. The summed E-state index contributed by atoms with van der Waals surface area (Å²) >= 11 is 0.